The number of piperazine rings is 1. The van der Waals surface area contributed by atoms with Crippen LogP contribution >= 0.6 is 23.2 Å². The second-order valence-electron chi connectivity index (χ2n) is 6.38. The Balaban J connectivity index is 1.83. The van der Waals surface area contributed by atoms with Gasteiger partial charge in [-0.05, 0) is 30.9 Å². The Morgan fingerprint density at radius 2 is 2.12 bits per heavy atom. The van der Waals surface area contributed by atoms with Crippen LogP contribution in [0.25, 0.3) is 0 Å². The molecule has 2 amide bonds. The summed E-state index contributed by atoms with van der Waals surface area (Å²) in [6.07, 6.45) is 1.77. The number of halogens is 2. The monoisotopic (exact) mass is 370 g/mol. The minimum atomic E-state index is -0.0463. The molecule has 0 saturated carbocycles. The number of phenolic OH excluding ortho intramolecular Hbond substituents is 1. The molecule has 5 nitrogen and oxygen atoms in total. The van der Waals surface area contributed by atoms with Gasteiger partial charge in [-0.15, -0.1) is 0 Å². The molecule has 0 radical (unpaired) electrons. The number of piperidine rings is 1. The number of nitrogens with zero attached hydrogens (tertiary/aromatic N) is 2. The van der Waals surface area contributed by atoms with Gasteiger partial charge in [0.25, 0.3) is 0 Å². The molecule has 2 aliphatic heterocycles. The second kappa shape index (κ2) is 6.81. The van der Waals surface area contributed by atoms with Crippen molar-refractivity contribution in [2.45, 2.75) is 38.1 Å². The number of amides is 2. The van der Waals surface area contributed by atoms with Crippen molar-refractivity contribution in [3.05, 3.63) is 27.7 Å². The topological polar surface area (TPSA) is 60.9 Å². The molecule has 2 heterocycles. The number of rotatable bonds is 2. The SMILES string of the molecule is CCC(=O)N1CC(=O)N2CC[C@@H](c3c(O)ccc(Cl)c3Cl)C[C@H]2C1. The number of carbonyl (C=O) groups excluding carboxylic acids is 2. The fraction of sp³-hybridized carbons (Fsp3) is 0.529. The van der Waals surface area contributed by atoms with E-state index in [1.807, 2.05) is 4.90 Å². The number of hydrogen-bond acceptors (Lipinski definition) is 3. The molecule has 24 heavy (non-hydrogen) atoms. The summed E-state index contributed by atoms with van der Waals surface area (Å²) in [6.45, 7) is 3.10. The third-order valence-corrected chi connectivity index (χ3v) is 5.79. The summed E-state index contributed by atoms with van der Waals surface area (Å²) in [5.74, 6) is 0.134. The van der Waals surface area contributed by atoms with Crippen LogP contribution in [0, 0.1) is 0 Å². The minimum absolute atomic E-state index is 0.00578. The second-order valence-corrected chi connectivity index (χ2v) is 7.17. The molecular formula is C17H20Cl2N2O3. The fourth-order valence-corrected chi connectivity index (χ4v) is 4.22. The lowest BCUT2D eigenvalue weighted by molar-refractivity contribution is -0.150. The van der Waals surface area contributed by atoms with E-state index in [0.29, 0.717) is 41.5 Å². The Labute approximate surface area is 151 Å². The predicted molar refractivity (Wildman–Crippen MR) is 92.5 cm³/mol. The van der Waals surface area contributed by atoms with E-state index >= 15 is 0 Å². The van der Waals surface area contributed by atoms with Gasteiger partial charge in [0, 0.05) is 31.1 Å². The molecule has 0 spiro atoms. The lowest BCUT2D eigenvalue weighted by atomic mass is 9.83. The van der Waals surface area contributed by atoms with Gasteiger partial charge < -0.3 is 14.9 Å². The first-order valence-electron chi connectivity index (χ1n) is 8.16. The smallest absolute Gasteiger partial charge is 0.242 e. The zero-order chi connectivity index (χ0) is 17.4. The third-order valence-electron chi connectivity index (χ3n) is 4.97. The molecule has 0 unspecified atom stereocenters. The van der Waals surface area contributed by atoms with Crippen LogP contribution in [0.15, 0.2) is 12.1 Å². The summed E-state index contributed by atoms with van der Waals surface area (Å²) in [6, 6.07) is 3.08. The van der Waals surface area contributed by atoms with E-state index < -0.39 is 0 Å². The van der Waals surface area contributed by atoms with Crippen LogP contribution in [0.5, 0.6) is 5.75 Å². The number of aromatic hydroxyl groups is 1. The number of carbonyl (C=O) groups is 2. The summed E-state index contributed by atoms with van der Waals surface area (Å²) in [7, 11) is 0. The molecule has 2 saturated heterocycles. The lowest BCUT2D eigenvalue weighted by Crippen LogP contribution is -2.59. The first kappa shape index (κ1) is 17.4. The molecule has 2 aliphatic rings. The van der Waals surface area contributed by atoms with E-state index in [-0.39, 0.29) is 36.1 Å². The van der Waals surface area contributed by atoms with E-state index in [1.54, 1.807) is 24.0 Å². The van der Waals surface area contributed by atoms with E-state index in [0.717, 1.165) is 6.42 Å². The number of phenols is 1. The number of hydrogen-bond donors (Lipinski definition) is 1. The standard InChI is InChI=1S/C17H20Cl2N2O3/c1-2-14(23)20-8-11-7-10(5-6-21(11)15(24)9-20)16-13(22)4-3-12(18)17(16)19/h3-4,10-11,22H,2,5-9H2,1H3/t10-,11+/m1/s1. The maximum absolute atomic E-state index is 12.3. The van der Waals surface area contributed by atoms with E-state index in [4.69, 9.17) is 23.2 Å². The van der Waals surface area contributed by atoms with Gasteiger partial charge >= 0.3 is 0 Å². The minimum Gasteiger partial charge on any atom is -0.508 e. The van der Waals surface area contributed by atoms with Crippen LogP contribution in [0.2, 0.25) is 10.0 Å². The molecule has 0 aromatic heterocycles. The van der Waals surface area contributed by atoms with Crippen LogP contribution in [0.4, 0.5) is 0 Å². The quantitative estimate of drug-likeness (QED) is 0.870. The van der Waals surface area contributed by atoms with Gasteiger partial charge in [0.1, 0.15) is 5.75 Å². The van der Waals surface area contributed by atoms with Crippen molar-refractivity contribution >= 4 is 35.0 Å². The summed E-state index contributed by atoms with van der Waals surface area (Å²) in [4.78, 5) is 27.8. The van der Waals surface area contributed by atoms with Crippen LogP contribution in [0.1, 0.15) is 37.7 Å². The highest BCUT2D eigenvalue weighted by Crippen LogP contribution is 2.43. The molecule has 7 heteroatoms. The van der Waals surface area contributed by atoms with Gasteiger partial charge in [-0.3, -0.25) is 9.59 Å². The Morgan fingerprint density at radius 1 is 1.38 bits per heavy atom. The van der Waals surface area contributed by atoms with Crippen molar-refractivity contribution in [2.75, 3.05) is 19.6 Å². The first-order valence-corrected chi connectivity index (χ1v) is 8.92. The van der Waals surface area contributed by atoms with Crippen molar-refractivity contribution in [3.8, 4) is 5.75 Å². The van der Waals surface area contributed by atoms with E-state index in [9.17, 15) is 14.7 Å². The highest BCUT2D eigenvalue weighted by atomic mass is 35.5. The summed E-state index contributed by atoms with van der Waals surface area (Å²) < 4.78 is 0. The Morgan fingerprint density at radius 3 is 2.83 bits per heavy atom. The van der Waals surface area contributed by atoms with Crippen molar-refractivity contribution in [1.29, 1.82) is 0 Å². The Hall–Kier alpha value is -1.46. The normalized spacial score (nSPS) is 24.0. The molecule has 1 aromatic rings. The van der Waals surface area contributed by atoms with Crippen molar-refractivity contribution < 1.29 is 14.7 Å². The van der Waals surface area contributed by atoms with Gasteiger partial charge in [0.2, 0.25) is 11.8 Å². The molecular weight excluding hydrogens is 351 g/mol. The highest BCUT2D eigenvalue weighted by Gasteiger charge is 2.39. The van der Waals surface area contributed by atoms with E-state index in [2.05, 4.69) is 0 Å². The molecule has 1 N–H and O–H groups in total. The molecule has 130 valence electrons. The van der Waals surface area contributed by atoms with Crippen LogP contribution in [-0.4, -0.2) is 52.4 Å². The van der Waals surface area contributed by atoms with Gasteiger partial charge in [-0.2, -0.15) is 0 Å². The van der Waals surface area contributed by atoms with Crippen molar-refractivity contribution in [2.24, 2.45) is 0 Å². The maximum atomic E-state index is 12.3. The summed E-state index contributed by atoms with van der Waals surface area (Å²) >= 11 is 12.4. The van der Waals surface area contributed by atoms with E-state index in [1.165, 1.54) is 0 Å². The predicted octanol–water partition coefficient (Wildman–Crippen LogP) is 3.03. The Bertz CT molecular complexity index is 680. The van der Waals surface area contributed by atoms with Crippen LogP contribution in [0.3, 0.4) is 0 Å². The summed E-state index contributed by atoms with van der Waals surface area (Å²) in [5.41, 5.74) is 0.648. The maximum Gasteiger partial charge on any atom is 0.242 e. The first-order chi connectivity index (χ1) is 11.4. The van der Waals surface area contributed by atoms with Gasteiger partial charge in [-0.25, -0.2) is 0 Å². The lowest BCUT2D eigenvalue weighted by Gasteiger charge is -2.46. The van der Waals surface area contributed by atoms with Gasteiger partial charge in [-0.1, -0.05) is 30.1 Å². The highest BCUT2D eigenvalue weighted by molar-refractivity contribution is 6.42. The third kappa shape index (κ3) is 3.07. The largest absolute Gasteiger partial charge is 0.508 e. The zero-order valence-electron chi connectivity index (χ0n) is 13.5. The number of fused-ring (bicyclic) bond motifs is 1. The van der Waals surface area contributed by atoms with Crippen molar-refractivity contribution in [1.82, 2.24) is 9.80 Å². The molecule has 0 aliphatic carbocycles. The molecule has 2 fully saturated rings. The average Bonchev–Trinajstić information content (AvgIpc) is 2.57. The Kier molecular flexibility index (Phi) is 4.92. The summed E-state index contributed by atoms with van der Waals surface area (Å²) in [5, 5.41) is 11.0. The van der Waals surface area contributed by atoms with Gasteiger partial charge in [0.15, 0.2) is 0 Å². The molecule has 3 rings (SSSR count). The van der Waals surface area contributed by atoms with Crippen molar-refractivity contribution in [3.63, 3.8) is 0 Å². The zero-order valence-corrected chi connectivity index (χ0v) is 15.0. The molecule has 2 atom stereocenters. The fourth-order valence-electron chi connectivity index (χ4n) is 3.75. The van der Waals surface area contributed by atoms with Gasteiger partial charge in [0.05, 0.1) is 16.6 Å². The van der Waals surface area contributed by atoms with Crippen LogP contribution in [-0.2, 0) is 9.59 Å². The number of benzene rings is 1. The molecule has 1 aromatic carbocycles. The van der Waals surface area contributed by atoms with Crippen LogP contribution < -0.4 is 0 Å². The average molecular weight is 371 g/mol. The molecule has 0 bridgehead atoms.